The SMILES string of the molecule is FC(F)(F)c1sccc1-c1c[nH]c2nnoc12. The highest BCUT2D eigenvalue weighted by molar-refractivity contribution is 7.10. The third-order valence-corrected chi connectivity index (χ3v) is 3.26. The van der Waals surface area contributed by atoms with E-state index in [2.05, 4.69) is 15.4 Å². The van der Waals surface area contributed by atoms with Crippen LogP contribution in [0.15, 0.2) is 22.2 Å². The van der Waals surface area contributed by atoms with Crippen LogP contribution in [0.25, 0.3) is 22.4 Å². The molecule has 0 spiro atoms. The fraction of sp³-hybridized carbons (Fsp3) is 0.111. The van der Waals surface area contributed by atoms with Crippen LogP contribution in [0.5, 0.6) is 0 Å². The molecule has 3 heterocycles. The summed E-state index contributed by atoms with van der Waals surface area (Å²) in [6.07, 6.45) is -2.94. The lowest BCUT2D eigenvalue weighted by molar-refractivity contribution is -0.133. The van der Waals surface area contributed by atoms with Gasteiger partial charge in [-0.15, -0.1) is 11.3 Å². The van der Waals surface area contributed by atoms with Crippen LogP contribution in [0.2, 0.25) is 0 Å². The van der Waals surface area contributed by atoms with Crippen LogP contribution < -0.4 is 0 Å². The molecule has 0 radical (unpaired) electrons. The average Bonchev–Trinajstić information content (AvgIpc) is 2.90. The number of rotatable bonds is 1. The number of alkyl halides is 3. The molecule has 0 saturated carbocycles. The van der Waals surface area contributed by atoms with E-state index in [1.54, 1.807) is 0 Å². The van der Waals surface area contributed by atoms with Crippen LogP contribution >= 0.6 is 11.3 Å². The second kappa shape index (κ2) is 3.33. The smallest absolute Gasteiger partial charge is 0.341 e. The third-order valence-electron chi connectivity index (χ3n) is 2.30. The summed E-state index contributed by atoms with van der Waals surface area (Å²) in [4.78, 5) is 2.05. The van der Waals surface area contributed by atoms with Crippen LogP contribution in [0.1, 0.15) is 4.88 Å². The molecule has 4 nitrogen and oxygen atoms in total. The largest absolute Gasteiger partial charge is 0.426 e. The molecular formula is C9H4F3N3OS. The van der Waals surface area contributed by atoms with Gasteiger partial charge in [0.05, 0.1) is 0 Å². The molecule has 88 valence electrons. The number of halogens is 3. The molecule has 0 aromatic carbocycles. The van der Waals surface area contributed by atoms with Gasteiger partial charge in [-0.05, 0) is 11.4 Å². The first-order valence-electron chi connectivity index (χ1n) is 4.52. The molecule has 8 heteroatoms. The molecule has 3 aromatic rings. The molecule has 0 aliphatic carbocycles. The summed E-state index contributed by atoms with van der Waals surface area (Å²) in [5.41, 5.74) is 0.957. The van der Waals surface area contributed by atoms with Crippen molar-refractivity contribution in [3.05, 3.63) is 22.5 Å². The van der Waals surface area contributed by atoms with Crippen molar-refractivity contribution >= 4 is 22.6 Å². The van der Waals surface area contributed by atoms with Gasteiger partial charge in [0.25, 0.3) is 0 Å². The molecule has 1 N–H and O–H groups in total. The third kappa shape index (κ3) is 1.52. The van der Waals surface area contributed by atoms with Gasteiger partial charge in [0.2, 0.25) is 11.2 Å². The Bertz CT molecular complexity index is 666. The summed E-state index contributed by atoms with van der Waals surface area (Å²) >= 11 is 0.645. The minimum absolute atomic E-state index is 0.0762. The van der Waals surface area contributed by atoms with Gasteiger partial charge < -0.3 is 9.51 Å². The number of nitrogens with zero attached hydrogens (tertiary/aromatic N) is 2. The standard InChI is InChI=1S/C9H4F3N3OS/c10-9(11,12)7-4(1-2-17-7)5-3-13-8-6(5)16-15-14-8/h1-3,13H. The highest BCUT2D eigenvalue weighted by atomic mass is 32.1. The van der Waals surface area contributed by atoms with Crippen molar-refractivity contribution in [3.8, 4) is 11.1 Å². The van der Waals surface area contributed by atoms with Gasteiger partial charge in [0.1, 0.15) is 4.88 Å². The van der Waals surface area contributed by atoms with Crippen molar-refractivity contribution in [2.24, 2.45) is 0 Å². The highest BCUT2D eigenvalue weighted by Gasteiger charge is 2.36. The molecular weight excluding hydrogens is 255 g/mol. The fourth-order valence-corrected chi connectivity index (χ4v) is 2.39. The van der Waals surface area contributed by atoms with Gasteiger partial charge in [-0.2, -0.15) is 13.2 Å². The fourth-order valence-electron chi connectivity index (χ4n) is 1.61. The van der Waals surface area contributed by atoms with Gasteiger partial charge in [0.15, 0.2) is 0 Å². The van der Waals surface area contributed by atoms with Crippen molar-refractivity contribution in [3.63, 3.8) is 0 Å². The number of hydrogen-bond acceptors (Lipinski definition) is 4. The number of hydrogen-bond donors (Lipinski definition) is 1. The predicted molar refractivity (Wildman–Crippen MR) is 54.5 cm³/mol. The normalized spacial score (nSPS) is 12.4. The summed E-state index contributed by atoms with van der Waals surface area (Å²) in [7, 11) is 0. The molecule has 0 aliphatic rings. The van der Waals surface area contributed by atoms with Gasteiger partial charge in [-0.25, -0.2) is 0 Å². The Morgan fingerprint density at radius 3 is 2.88 bits per heavy atom. The molecule has 0 aliphatic heterocycles. The zero-order valence-electron chi connectivity index (χ0n) is 8.08. The van der Waals surface area contributed by atoms with E-state index in [4.69, 9.17) is 4.52 Å². The molecule has 0 amide bonds. The second-order valence-electron chi connectivity index (χ2n) is 3.31. The Morgan fingerprint density at radius 1 is 1.29 bits per heavy atom. The van der Waals surface area contributed by atoms with Crippen molar-refractivity contribution in [2.45, 2.75) is 6.18 Å². The molecule has 17 heavy (non-hydrogen) atoms. The number of thiophene rings is 1. The first-order chi connectivity index (χ1) is 8.07. The van der Waals surface area contributed by atoms with Crippen LogP contribution in [0.3, 0.4) is 0 Å². The number of aromatic amines is 1. The monoisotopic (exact) mass is 259 g/mol. The lowest BCUT2D eigenvalue weighted by Crippen LogP contribution is -2.03. The molecule has 0 unspecified atom stereocenters. The summed E-state index contributed by atoms with van der Waals surface area (Å²) in [5, 5.41) is 8.27. The lowest BCUT2D eigenvalue weighted by Gasteiger charge is -2.05. The Labute approximate surface area is 96.0 Å². The van der Waals surface area contributed by atoms with Crippen molar-refractivity contribution in [1.82, 2.24) is 15.4 Å². The average molecular weight is 259 g/mol. The van der Waals surface area contributed by atoms with E-state index in [1.807, 2.05) is 0 Å². The minimum atomic E-state index is -4.37. The molecule has 0 saturated heterocycles. The van der Waals surface area contributed by atoms with E-state index >= 15 is 0 Å². The maximum atomic E-state index is 12.7. The Kier molecular flexibility index (Phi) is 2.02. The lowest BCUT2D eigenvalue weighted by atomic mass is 10.1. The summed E-state index contributed by atoms with van der Waals surface area (Å²) in [6, 6.07) is 1.40. The minimum Gasteiger partial charge on any atom is -0.341 e. The Hall–Kier alpha value is -1.83. The number of fused-ring (bicyclic) bond motifs is 1. The van der Waals surface area contributed by atoms with Crippen molar-refractivity contribution in [1.29, 1.82) is 0 Å². The summed E-state index contributed by atoms with van der Waals surface area (Å²) < 4.78 is 43.0. The van der Waals surface area contributed by atoms with E-state index in [9.17, 15) is 13.2 Å². The maximum absolute atomic E-state index is 12.7. The van der Waals surface area contributed by atoms with Gasteiger partial charge in [-0.3, -0.25) is 0 Å². The first-order valence-corrected chi connectivity index (χ1v) is 5.40. The van der Waals surface area contributed by atoms with Crippen LogP contribution in [-0.4, -0.2) is 15.4 Å². The first kappa shape index (κ1) is 10.3. The van der Waals surface area contributed by atoms with Gasteiger partial charge in [-0.1, -0.05) is 5.10 Å². The van der Waals surface area contributed by atoms with E-state index < -0.39 is 11.1 Å². The van der Waals surface area contributed by atoms with Crippen LogP contribution in [0, 0.1) is 0 Å². The molecule has 3 aromatic heterocycles. The maximum Gasteiger partial charge on any atom is 0.426 e. The van der Waals surface area contributed by atoms with Gasteiger partial charge >= 0.3 is 6.18 Å². The van der Waals surface area contributed by atoms with Crippen molar-refractivity contribution < 1.29 is 17.7 Å². The number of H-pyrrole nitrogens is 1. The second-order valence-corrected chi connectivity index (χ2v) is 4.23. The quantitative estimate of drug-likeness (QED) is 0.729. The Balaban J connectivity index is 2.24. The van der Waals surface area contributed by atoms with E-state index in [0.29, 0.717) is 22.5 Å². The van der Waals surface area contributed by atoms with Gasteiger partial charge in [0, 0.05) is 22.6 Å². The zero-order valence-corrected chi connectivity index (χ0v) is 8.89. The predicted octanol–water partition coefficient (Wildman–Crippen LogP) is 3.30. The van der Waals surface area contributed by atoms with Crippen molar-refractivity contribution in [2.75, 3.05) is 0 Å². The summed E-state index contributed by atoms with van der Waals surface area (Å²) in [5.74, 6) is 0. The topological polar surface area (TPSA) is 54.7 Å². The number of aromatic nitrogens is 3. The molecule has 0 bridgehead atoms. The van der Waals surface area contributed by atoms with E-state index in [1.165, 1.54) is 17.6 Å². The molecule has 0 fully saturated rings. The van der Waals surface area contributed by atoms with E-state index in [0.717, 1.165) is 0 Å². The highest BCUT2D eigenvalue weighted by Crippen LogP contribution is 2.42. The van der Waals surface area contributed by atoms with Crippen LogP contribution in [0.4, 0.5) is 13.2 Å². The molecule has 0 atom stereocenters. The summed E-state index contributed by atoms with van der Waals surface area (Å²) in [6.45, 7) is 0. The zero-order chi connectivity index (χ0) is 12.0. The Morgan fingerprint density at radius 2 is 2.12 bits per heavy atom. The van der Waals surface area contributed by atoms with Crippen LogP contribution in [-0.2, 0) is 6.18 Å². The van der Waals surface area contributed by atoms with E-state index in [-0.39, 0.29) is 11.1 Å². The molecule has 3 rings (SSSR count). The number of nitrogens with one attached hydrogen (secondary N) is 1.